The number of hydrogen-bond acceptors (Lipinski definition) is 5. The lowest BCUT2D eigenvalue weighted by atomic mass is 10.1. The topological polar surface area (TPSA) is 111 Å². The SMILES string of the molecule is Oc1c(O)c(O)c(-n2c3ccccc3c3cc4c5ccccc5n(-c5ccc(-c6ccccc6)cc5)c4cc32)c(O)c1O. The number of hydrogen-bond donors (Lipinski definition) is 5. The minimum absolute atomic E-state index is 0.242. The molecule has 6 aromatic carbocycles. The lowest BCUT2D eigenvalue weighted by molar-refractivity contribution is 0.327. The van der Waals surface area contributed by atoms with Crippen LogP contribution in [0.1, 0.15) is 0 Å². The van der Waals surface area contributed by atoms with E-state index in [2.05, 4.69) is 59.2 Å². The van der Waals surface area contributed by atoms with Gasteiger partial charge in [0, 0.05) is 27.2 Å². The van der Waals surface area contributed by atoms with Crippen molar-refractivity contribution < 1.29 is 25.5 Å². The Kier molecular flexibility index (Phi) is 5.15. The standard InChI is InChI=1S/C36H24N2O5/c39-32-31(33(40)35(42)36(43)34(32)41)38-28-13-7-5-11-24(28)26-18-25-23-10-4-6-12-27(23)37(29(25)19-30(26)38)22-16-14-21(15-17-22)20-8-2-1-3-9-20/h1-19,39-43H. The first kappa shape index (κ1) is 24.7. The molecule has 0 amide bonds. The first-order chi connectivity index (χ1) is 20.9. The summed E-state index contributed by atoms with van der Waals surface area (Å²) in [6.07, 6.45) is 0. The van der Waals surface area contributed by atoms with Crippen LogP contribution in [0.5, 0.6) is 28.7 Å². The summed E-state index contributed by atoms with van der Waals surface area (Å²) in [5.41, 5.74) is 6.09. The maximum Gasteiger partial charge on any atom is 0.208 e. The summed E-state index contributed by atoms with van der Waals surface area (Å²) in [7, 11) is 0. The molecule has 5 N–H and O–H groups in total. The van der Waals surface area contributed by atoms with E-state index in [-0.39, 0.29) is 5.69 Å². The van der Waals surface area contributed by atoms with E-state index in [1.54, 1.807) is 4.57 Å². The van der Waals surface area contributed by atoms with Crippen molar-refractivity contribution in [3.8, 4) is 51.2 Å². The van der Waals surface area contributed by atoms with Crippen molar-refractivity contribution in [1.29, 1.82) is 0 Å². The average molecular weight is 565 g/mol. The Hall–Kier alpha value is -6.08. The van der Waals surface area contributed by atoms with Crippen molar-refractivity contribution in [3.63, 3.8) is 0 Å². The van der Waals surface area contributed by atoms with Crippen molar-refractivity contribution in [1.82, 2.24) is 9.13 Å². The maximum atomic E-state index is 10.9. The Morgan fingerprint density at radius 3 is 1.42 bits per heavy atom. The minimum atomic E-state index is -0.999. The van der Waals surface area contributed by atoms with Gasteiger partial charge in [-0.1, -0.05) is 78.9 Å². The van der Waals surface area contributed by atoms with Gasteiger partial charge in [0.15, 0.2) is 11.5 Å². The van der Waals surface area contributed by atoms with Gasteiger partial charge in [0.25, 0.3) is 0 Å². The molecule has 0 saturated heterocycles. The molecular weight excluding hydrogens is 540 g/mol. The van der Waals surface area contributed by atoms with E-state index in [9.17, 15) is 25.5 Å². The van der Waals surface area contributed by atoms with Gasteiger partial charge in [-0.2, -0.15) is 0 Å². The van der Waals surface area contributed by atoms with Crippen LogP contribution in [-0.2, 0) is 0 Å². The molecule has 8 aromatic rings. The highest BCUT2D eigenvalue weighted by Crippen LogP contribution is 2.54. The fourth-order valence-corrected chi connectivity index (χ4v) is 6.27. The fraction of sp³-hybridized carbons (Fsp3) is 0. The normalized spacial score (nSPS) is 11.7. The number of phenolic OH excluding ortho intramolecular Hbond substituents is 5. The summed E-state index contributed by atoms with van der Waals surface area (Å²) < 4.78 is 3.76. The molecule has 0 radical (unpaired) electrons. The predicted octanol–water partition coefficient (Wildman–Crippen LogP) is 8.08. The second-order valence-corrected chi connectivity index (χ2v) is 10.6. The van der Waals surface area contributed by atoms with Crippen LogP contribution in [0.4, 0.5) is 0 Å². The molecule has 0 spiro atoms. The zero-order valence-electron chi connectivity index (χ0n) is 22.6. The van der Waals surface area contributed by atoms with Gasteiger partial charge in [-0.15, -0.1) is 0 Å². The molecule has 2 aromatic heterocycles. The van der Waals surface area contributed by atoms with Crippen LogP contribution in [0, 0.1) is 0 Å². The highest BCUT2D eigenvalue weighted by atomic mass is 16.4. The molecule has 0 fully saturated rings. The summed E-state index contributed by atoms with van der Waals surface area (Å²) in [6, 6.07) is 38.3. The predicted molar refractivity (Wildman–Crippen MR) is 169 cm³/mol. The van der Waals surface area contributed by atoms with Crippen molar-refractivity contribution in [2.24, 2.45) is 0 Å². The Morgan fingerprint density at radius 1 is 0.349 bits per heavy atom. The molecule has 0 aliphatic rings. The third-order valence-corrected chi connectivity index (χ3v) is 8.27. The maximum absolute atomic E-state index is 10.9. The van der Waals surface area contributed by atoms with Gasteiger partial charge in [-0.3, -0.25) is 0 Å². The number of para-hydroxylation sites is 2. The second kappa shape index (κ2) is 8.96. The van der Waals surface area contributed by atoms with Crippen molar-refractivity contribution in [3.05, 3.63) is 115 Å². The molecule has 0 saturated carbocycles. The summed E-state index contributed by atoms with van der Waals surface area (Å²) in [5, 5.41) is 56.5. The average Bonchev–Trinajstić information content (AvgIpc) is 3.55. The molecule has 208 valence electrons. The zero-order valence-corrected chi connectivity index (χ0v) is 22.6. The van der Waals surface area contributed by atoms with Gasteiger partial charge in [0.05, 0.1) is 22.1 Å². The Balaban J connectivity index is 1.48. The summed E-state index contributed by atoms with van der Waals surface area (Å²) in [4.78, 5) is 0. The minimum Gasteiger partial charge on any atom is -0.503 e. The molecule has 0 atom stereocenters. The highest BCUT2D eigenvalue weighted by Gasteiger charge is 2.27. The van der Waals surface area contributed by atoms with Crippen LogP contribution in [0.25, 0.3) is 66.1 Å². The fourth-order valence-electron chi connectivity index (χ4n) is 6.27. The van der Waals surface area contributed by atoms with Crippen LogP contribution in [0.2, 0.25) is 0 Å². The molecule has 8 rings (SSSR count). The van der Waals surface area contributed by atoms with E-state index in [1.807, 2.05) is 60.7 Å². The quantitative estimate of drug-likeness (QED) is 0.110. The largest absolute Gasteiger partial charge is 0.503 e. The van der Waals surface area contributed by atoms with E-state index < -0.39 is 28.7 Å². The van der Waals surface area contributed by atoms with Crippen LogP contribution in [0.15, 0.2) is 115 Å². The number of aromatic hydroxyl groups is 5. The number of benzene rings is 6. The number of phenols is 5. The van der Waals surface area contributed by atoms with Gasteiger partial charge < -0.3 is 34.7 Å². The lowest BCUT2D eigenvalue weighted by Crippen LogP contribution is -1.97. The Labute approximate surface area is 244 Å². The molecule has 0 aliphatic carbocycles. The smallest absolute Gasteiger partial charge is 0.208 e. The Bertz CT molecular complexity index is 2360. The first-order valence-corrected chi connectivity index (χ1v) is 13.8. The molecule has 7 heteroatoms. The molecule has 2 heterocycles. The third kappa shape index (κ3) is 3.42. The van der Waals surface area contributed by atoms with Crippen molar-refractivity contribution in [2.75, 3.05) is 0 Å². The molecule has 7 nitrogen and oxygen atoms in total. The van der Waals surface area contributed by atoms with Crippen molar-refractivity contribution >= 4 is 43.6 Å². The third-order valence-electron chi connectivity index (χ3n) is 8.27. The van der Waals surface area contributed by atoms with Crippen LogP contribution in [-0.4, -0.2) is 34.7 Å². The van der Waals surface area contributed by atoms with Gasteiger partial charge in [0.2, 0.25) is 17.2 Å². The van der Waals surface area contributed by atoms with Crippen LogP contribution >= 0.6 is 0 Å². The molecular formula is C36H24N2O5. The number of aromatic nitrogens is 2. The molecule has 0 bridgehead atoms. The summed E-state index contributed by atoms with van der Waals surface area (Å²) in [6.45, 7) is 0. The summed E-state index contributed by atoms with van der Waals surface area (Å²) >= 11 is 0. The van der Waals surface area contributed by atoms with Gasteiger partial charge in [0.1, 0.15) is 5.69 Å². The second-order valence-electron chi connectivity index (χ2n) is 10.6. The zero-order chi connectivity index (χ0) is 29.4. The Morgan fingerprint density at radius 2 is 0.814 bits per heavy atom. The summed E-state index contributed by atoms with van der Waals surface area (Å²) in [5.74, 6) is -4.36. The lowest BCUT2D eigenvalue weighted by Gasteiger charge is -2.15. The van der Waals surface area contributed by atoms with Gasteiger partial charge in [-0.05, 0) is 47.5 Å². The van der Waals surface area contributed by atoms with E-state index in [0.29, 0.717) is 11.0 Å². The number of rotatable bonds is 3. The van der Waals surface area contributed by atoms with Crippen LogP contribution in [0.3, 0.4) is 0 Å². The van der Waals surface area contributed by atoms with Crippen molar-refractivity contribution in [2.45, 2.75) is 0 Å². The van der Waals surface area contributed by atoms with E-state index in [4.69, 9.17) is 0 Å². The van der Waals surface area contributed by atoms with E-state index >= 15 is 0 Å². The molecule has 43 heavy (non-hydrogen) atoms. The van der Waals surface area contributed by atoms with Gasteiger partial charge in [-0.25, -0.2) is 0 Å². The molecule has 0 aliphatic heterocycles. The van der Waals surface area contributed by atoms with Crippen LogP contribution < -0.4 is 0 Å². The number of nitrogens with zero attached hydrogens (tertiary/aromatic N) is 2. The highest BCUT2D eigenvalue weighted by molar-refractivity contribution is 6.19. The van der Waals surface area contributed by atoms with E-state index in [0.717, 1.165) is 49.4 Å². The monoisotopic (exact) mass is 564 g/mol. The first-order valence-electron chi connectivity index (χ1n) is 13.8. The number of fused-ring (bicyclic) bond motifs is 6. The molecule has 0 unspecified atom stereocenters. The van der Waals surface area contributed by atoms with E-state index in [1.165, 1.54) is 0 Å². The van der Waals surface area contributed by atoms with Gasteiger partial charge >= 0.3 is 0 Å².